The molecule has 1 rings (SSSR count). The van der Waals surface area contributed by atoms with Crippen LogP contribution in [0.25, 0.3) is 0 Å². The van der Waals surface area contributed by atoms with Crippen molar-refractivity contribution in [1.29, 1.82) is 0 Å². The van der Waals surface area contributed by atoms with E-state index >= 15 is 0 Å². The molecule has 3 N–H and O–H groups in total. The minimum absolute atomic E-state index is 0.159. The lowest BCUT2D eigenvalue weighted by Crippen LogP contribution is -2.29. The van der Waals surface area contributed by atoms with Crippen LogP contribution in [0.5, 0.6) is 0 Å². The topological polar surface area (TPSA) is 68.3 Å². The highest BCUT2D eigenvalue weighted by molar-refractivity contribution is 5.91. The van der Waals surface area contributed by atoms with E-state index in [-0.39, 0.29) is 11.9 Å². The van der Waals surface area contributed by atoms with Gasteiger partial charge >= 0.3 is 0 Å². The Balaban J connectivity index is 2.23. The van der Waals surface area contributed by atoms with Crippen LogP contribution in [0, 0.1) is 0 Å². The SMILES string of the molecule is CCC(N)CCNC(=O)c1ccco1. The molecule has 0 saturated heterocycles. The van der Waals surface area contributed by atoms with Crippen LogP contribution < -0.4 is 11.1 Å². The predicted octanol–water partition coefficient (Wildman–Crippen LogP) is 1.14. The second-order valence-electron chi connectivity index (χ2n) is 3.19. The van der Waals surface area contributed by atoms with Gasteiger partial charge in [-0.25, -0.2) is 0 Å². The summed E-state index contributed by atoms with van der Waals surface area (Å²) >= 11 is 0. The molecule has 4 nitrogen and oxygen atoms in total. The van der Waals surface area contributed by atoms with E-state index in [4.69, 9.17) is 10.2 Å². The molecule has 1 heterocycles. The van der Waals surface area contributed by atoms with Gasteiger partial charge in [0.05, 0.1) is 6.26 Å². The number of carbonyl (C=O) groups excluding carboxylic acids is 1. The molecular formula is C10H16N2O2. The molecule has 0 aliphatic rings. The zero-order chi connectivity index (χ0) is 10.4. The van der Waals surface area contributed by atoms with Gasteiger partial charge in [-0.05, 0) is 25.0 Å². The molecule has 1 atom stereocenters. The molecule has 0 fully saturated rings. The van der Waals surface area contributed by atoms with E-state index in [9.17, 15) is 4.79 Å². The zero-order valence-electron chi connectivity index (χ0n) is 8.32. The monoisotopic (exact) mass is 196 g/mol. The molecule has 1 unspecified atom stereocenters. The van der Waals surface area contributed by atoms with Crippen molar-refractivity contribution in [1.82, 2.24) is 5.32 Å². The van der Waals surface area contributed by atoms with E-state index in [0.717, 1.165) is 12.8 Å². The first-order chi connectivity index (χ1) is 6.74. The van der Waals surface area contributed by atoms with E-state index in [1.807, 2.05) is 6.92 Å². The van der Waals surface area contributed by atoms with Crippen molar-refractivity contribution < 1.29 is 9.21 Å². The summed E-state index contributed by atoms with van der Waals surface area (Å²) < 4.78 is 4.94. The first-order valence-electron chi connectivity index (χ1n) is 4.81. The third-order valence-electron chi connectivity index (χ3n) is 2.07. The molecule has 0 aromatic carbocycles. The van der Waals surface area contributed by atoms with Gasteiger partial charge in [-0.2, -0.15) is 0 Å². The van der Waals surface area contributed by atoms with Crippen LogP contribution in [0.4, 0.5) is 0 Å². The molecule has 0 aliphatic heterocycles. The van der Waals surface area contributed by atoms with Crippen molar-refractivity contribution in [3.05, 3.63) is 24.2 Å². The molecule has 0 aliphatic carbocycles. The molecule has 78 valence electrons. The number of amides is 1. The predicted molar refractivity (Wildman–Crippen MR) is 53.9 cm³/mol. The lowest BCUT2D eigenvalue weighted by molar-refractivity contribution is 0.0925. The number of rotatable bonds is 5. The normalized spacial score (nSPS) is 12.4. The van der Waals surface area contributed by atoms with Gasteiger partial charge in [0.15, 0.2) is 5.76 Å². The molecule has 4 heteroatoms. The third kappa shape index (κ3) is 3.22. The summed E-state index contributed by atoms with van der Waals surface area (Å²) in [6, 6.07) is 3.48. The molecular weight excluding hydrogens is 180 g/mol. The molecule has 0 saturated carbocycles. The van der Waals surface area contributed by atoms with Crippen molar-refractivity contribution in [2.75, 3.05) is 6.54 Å². The number of nitrogens with two attached hydrogens (primary N) is 1. The first-order valence-corrected chi connectivity index (χ1v) is 4.81. The molecule has 1 amide bonds. The smallest absolute Gasteiger partial charge is 0.286 e. The van der Waals surface area contributed by atoms with Gasteiger partial charge in [0.25, 0.3) is 5.91 Å². The average molecular weight is 196 g/mol. The van der Waals surface area contributed by atoms with Crippen molar-refractivity contribution in [3.8, 4) is 0 Å². The standard InChI is InChI=1S/C10H16N2O2/c1-2-8(11)5-6-12-10(13)9-4-3-7-14-9/h3-4,7-8H,2,5-6,11H2,1H3,(H,12,13). The maximum absolute atomic E-state index is 11.3. The minimum Gasteiger partial charge on any atom is -0.459 e. The van der Waals surface area contributed by atoms with E-state index in [0.29, 0.717) is 12.3 Å². The Morgan fingerprint density at radius 2 is 2.50 bits per heavy atom. The number of carbonyl (C=O) groups is 1. The highest BCUT2D eigenvalue weighted by Gasteiger charge is 2.07. The van der Waals surface area contributed by atoms with Crippen LogP contribution in [0.2, 0.25) is 0 Å². The van der Waals surface area contributed by atoms with Gasteiger partial charge in [-0.1, -0.05) is 6.92 Å². The Morgan fingerprint density at radius 3 is 3.07 bits per heavy atom. The van der Waals surface area contributed by atoms with E-state index in [1.165, 1.54) is 6.26 Å². The molecule has 14 heavy (non-hydrogen) atoms. The van der Waals surface area contributed by atoms with E-state index in [2.05, 4.69) is 5.32 Å². The summed E-state index contributed by atoms with van der Waals surface area (Å²) in [5, 5.41) is 2.74. The van der Waals surface area contributed by atoms with Gasteiger partial charge in [-0.15, -0.1) is 0 Å². The van der Waals surface area contributed by atoms with Crippen LogP contribution in [0.15, 0.2) is 22.8 Å². The minimum atomic E-state index is -0.182. The van der Waals surface area contributed by atoms with Gasteiger partial charge < -0.3 is 15.5 Å². The van der Waals surface area contributed by atoms with Gasteiger partial charge in [0.1, 0.15) is 0 Å². The van der Waals surface area contributed by atoms with Crippen molar-refractivity contribution in [3.63, 3.8) is 0 Å². The molecule has 1 aromatic rings. The van der Waals surface area contributed by atoms with Crippen molar-refractivity contribution >= 4 is 5.91 Å². The summed E-state index contributed by atoms with van der Waals surface area (Å²) in [6.45, 7) is 2.62. The number of nitrogens with one attached hydrogen (secondary N) is 1. The second-order valence-corrected chi connectivity index (χ2v) is 3.19. The van der Waals surface area contributed by atoms with Crippen LogP contribution in [-0.2, 0) is 0 Å². The zero-order valence-corrected chi connectivity index (χ0v) is 8.32. The number of furan rings is 1. The summed E-state index contributed by atoms with van der Waals surface area (Å²) in [6.07, 6.45) is 3.20. The van der Waals surface area contributed by atoms with Gasteiger partial charge in [0, 0.05) is 12.6 Å². The summed E-state index contributed by atoms with van der Waals surface area (Å²) in [7, 11) is 0. The number of hydrogen-bond acceptors (Lipinski definition) is 3. The molecule has 0 spiro atoms. The van der Waals surface area contributed by atoms with Gasteiger partial charge in [0.2, 0.25) is 0 Å². The average Bonchev–Trinajstić information content (AvgIpc) is 2.70. The highest BCUT2D eigenvalue weighted by Crippen LogP contribution is 1.99. The highest BCUT2D eigenvalue weighted by atomic mass is 16.3. The third-order valence-corrected chi connectivity index (χ3v) is 2.07. The van der Waals surface area contributed by atoms with Crippen molar-refractivity contribution in [2.45, 2.75) is 25.8 Å². The van der Waals surface area contributed by atoms with Crippen LogP contribution in [-0.4, -0.2) is 18.5 Å². The molecule has 0 bridgehead atoms. The number of hydrogen-bond donors (Lipinski definition) is 2. The van der Waals surface area contributed by atoms with Gasteiger partial charge in [-0.3, -0.25) is 4.79 Å². The Bertz CT molecular complexity index is 270. The second kappa shape index (κ2) is 5.44. The Labute approximate surface area is 83.5 Å². The lowest BCUT2D eigenvalue weighted by Gasteiger charge is -2.08. The maximum atomic E-state index is 11.3. The quantitative estimate of drug-likeness (QED) is 0.742. The van der Waals surface area contributed by atoms with E-state index in [1.54, 1.807) is 12.1 Å². The fourth-order valence-corrected chi connectivity index (χ4v) is 1.07. The Hall–Kier alpha value is -1.29. The fourth-order valence-electron chi connectivity index (χ4n) is 1.07. The van der Waals surface area contributed by atoms with Crippen molar-refractivity contribution in [2.24, 2.45) is 5.73 Å². The summed E-state index contributed by atoms with van der Waals surface area (Å²) in [4.78, 5) is 11.3. The summed E-state index contributed by atoms with van der Waals surface area (Å²) in [5.74, 6) is 0.161. The Morgan fingerprint density at radius 1 is 1.71 bits per heavy atom. The van der Waals surface area contributed by atoms with Crippen LogP contribution >= 0.6 is 0 Å². The van der Waals surface area contributed by atoms with E-state index < -0.39 is 0 Å². The molecule has 0 radical (unpaired) electrons. The maximum Gasteiger partial charge on any atom is 0.286 e. The summed E-state index contributed by atoms with van der Waals surface area (Å²) in [5.41, 5.74) is 5.70. The Kier molecular flexibility index (Phi) is 4.19. The first kappa shape index (κ1) is 10.8. The van der Waals surface area contributed by atoms with Crippen LogP contribution in [0.3, 0.4) is 0 Å². The van der Waals surface area contributed by atoms with Crippen LogP contribution in [0.1, 0.15) is 30.3 Å². The molecule has 1 aromatic heterocycles. The fraction of sp³-hybridized carbons (Fsp3) is 0.500. The largest absolute Gasteiger partial charge is 0.459 e. The lowest BCUT2D eigenvalue weighted by atomic mass is 10.2.